The second-order valence-electron chi connectivity index (χ2n) is 5.10. The molecule has 1 aromatic rings. The Hall–Kier alpha value is -1.35. The van der Waals surface area contributed by atoms with Crippen molar-refractivity contribution >= 4 is 17.2 Å². The topological polar surface area (TPSA) is 58.6 Å². The van der Waals surface area contributed by atoms with Gasteiger partial charge in [0.1, 0.15) is 0 Å². The monoisotopic (exact) mass is 307 g/mol. The predicted molar refractivity (Wildman–Crippen MR) is 83.4 cm³/mol. The van der Waals surface area contributed by atoms with Crippen LogP contribution in [0.3, 0.4) is 0 Å². The highest BCUT2D eigenvalue weighted by Crippen LogP contribution is 2.28. The van der Waals surface area contributed by atoms with Crippen molar-refractivity contribution in [3.05, 3.63) is 21.9 Å². The fraction of sp³-hybridized carbons (Fsp3) is 0.562. The van der Waals surface area contributed by atoms with Crippen LogP contribution in [0.5, 0.6) is 0 Å². The van der Waals surface area contributed by atoms with Gasteiger partial charge in [0.15, 0.2) is 0 Å². The summed E-state index contributed by atoms with van der Waals surface area (Å²) in [5, 5.41) is 13.3. The summed E-state index contributed by atoms with van der Waals surface area (Å²) in [6.45, 7) is 2.27. The van der Waals surface area contributed by atoms with Crippen LogP contribution in [0.15, 0.2) is 11.4 Å². The van der Waals surface area contributed by atoms with E-state index in [1.807, 2.05) is 5.38 Å². The molecule has 0 bridgehead atoms. The molecule has 5 heteroatoms. The number of nitrogens with one attached hydrogen (secondary N) is 1. The smallest absolute Gasteiger partial charge is 0.252 e. The normalized spacial score (nSPS) is 13.6. The zero-order valence-corrected chi connectivity index (χ0v) is 12.9. The Morgan fingerprint density at radius 2 is 2.38 bits per heavy atom. The van der Waals surface area contributed by atoms with Gasteiger partial charge in [-0.25, -0.2) is 0 Å². The molecule has 1 aliphatic carbocycles. The molecule has 0 atom stereocenters. The van der Waals surface area contributed by atoms with Gasteiger partial charge in [0, 0.05) is 31.6 Å². The zero-order chi connectivity index (χ0) is 14.9. The highest BCUT2D eigenvalue weighted by atomic mass is 32.1. The van der Waals surface area contributed by atoms with Crippen LogP contribution in [0, 0.1) is 17.8 Å². The van der Waals surface area contributed by atoms with Crippen molar-refractivity contribution in [2.45, 2.75) is 25.7 Å². The van der Waals surface area contributed by atoms with E-state index in [0.29, 0.717) is 25.1 Å². The maximum atomic E-state index is 11.9. The molecular formula is C16H21NO3S. The highest BCUT2D eigenvalue weighted by Gasteiger charge is 2.20. The summed E-state index contributed by atoms with van der Waals surface area (Å²) in [4.78, 5) is 12.8. The predicted octanol–water partition coefficient (Wildman–Crippen LogP) is 2.03. The third-order valence-electron chi connectivity index (χ3n) is 3.11. The molecule has 1 saturated carbocycles. The summed E-state index contributed by atoms with van der Waals surface area (Å²) in [6.07, 6.45) is 3.91. The number of amides is 1. The van der Waals surface area contributed by atoms with E-state index >= 15 is 0 Å². The van der Waals surface area contributed by atoms with E-state index < -0.39 is 0 Å². The van der Waals surface area contributed by atoms with E-state index in [1.165, 1.54) is 24.2 Å². The van der Waals surface area contributed by atoms with Crippen molar-refractivity contribution in [2.24, 2.45) is 5.92 Å². The fourth-order valence-electron chi connectivity index (χ4n) is 1.74. The lowest BCUT2D eigenvalue weighted by atomic mass is 10.3. The number of carbonyl (C=O) groups is 1. The number of carbonyl (C=O) groups excluding carboxylic acids is 1. The average Bonchev–Trinajstić information content (AvgIpc) is 3.19. The number of hydrogen-bond acceptors (Lipinski definition) is 4. The number of hydrogen-bond donors (Lipinski definition) is 2. The van der Waals surface area contributed by atoms with Crippen molar-refractivity contribution in [1.29, 1.82) is 0 Å². The Labute approximate surface area is 129 Å². The molecule has 1 amide bonds. The summed E-state index contributed by atoms with van der Waals surface area (Å²) in [6, 6.07) is 1.79. The Balaban J connectivity index is 1.62. The summed E-state index contributed by atoms with van der Waals surface area (Å²) < 4.78 is 5.52. The molecule has 2 rings (SSSR count). The second-order valence-corrected chi connectivity index (χ2v) is 6.01. The first-order valence-electron chi connectivity index (χ1n) is 7.34. The Kier molecular flexibility index (Phi) is 6.74. The molecule has 2 N–H and O–H groups in total. The van der Waals surface area contributed by atoms with Crippen LogP contribution in [-0.2, 0) is 4.74 Å². The molecule has 1 fully saturated rings. The van der Waals surface area contributed by atoms with Crippen molar-refractivity contribution in [2.75, 3.05) is 26.4 Å². The Morgan fingerprint density at radius 3 is 3.14 bits per heavy atom. The van der Waals surface area contributed by atoms with Crippen molar-refractivity contribution < 1.29 is 14.6 Å². The molecule has 0 aliphatic heterocycles. The van der Waals surface area contributed by atoms with Gasteiger partial charge < -0.3 is 15.2 Å². The summed E-state index contributed by atoms with van der Waals surface area (Å²) >= 11 is 1.45. The van der Waals surface area contributed by atoms with Crippen molar-refractivity contribution in [1.82, 2.24) is 5.32 Å². The van der Waals surface area contributed by atoms with E-state index in [0.717, 1.165) is 23.8 Å². The number of rotatable bonds is 8. The van der Waals surface area contributed by atoms with Gasteiger partial charge in [-0.1, -0.05) is 11.8 Å². The lowest BCUT2D eigenvalue weighted by molar-refractivity contribution is 0.0938. The van der Waals surface area contributed by atoms with Gasteiger partial charge in [0.25, 0.3) is 5.91 Å². The van der Waals surface area contributed by atoms with Gasteiger partial charge in [-0.15, -0.1) is 11.3 Å². The molecule has 1 aromatic heterocycles. The lowest BCUT2D eigenvalue weighted by Crippen LogP contribution is -2.24. The minimum atomic E-state index is -0.0661. The molecular weight excluding hydrogens is 286 g/mol. The van der Waals surface area contributed by atoms with Crippen LogP contribution in [-0.4, -0.2) is 37.4 Å². The van der Waals surface area contributed by atoms with Crippen LogP contribution in [0.25, 0.3) is 0 Å². The van der Waals surface area contributed by atoms with E-state index in [-0.39, 0.29) is 12.5 Å². The molecule has 0 radical (unpaired) electrons. The first kappa shape index (κ1) is 16.0. The highest BCUT2D eigenvalue weighted by molar-refractivity contribution is 7.10. The van der Waals surface area contributed by atoms with E-state index in [9.17, 15) is 4.79 Å². The molecule has 0 unspecified atom stereocenters. The third-order valence-corrected chi connectivity index (χ3v) is 3.96. The fourth-order valence-corrected chi connectivity index (χ4v) is 2.49. The Bertz CT molecular complexity index is 511. The largest absolute Gasteiger partial charge is 0.395 e. The van der Waals surface area contributed by atoms with Crippen LogP contribution in [0.2, 0.25) is 0 Å². The molecule has 0 saturated heterocycles. The van der Waals surface area contributed by atoms with Crippen LogP contribution >= 0.6 is 11.3 Å². The van der Waals surface area contributed by atoms with Crippen LogP contribution in [0.4, 0.5) is 0 Å². The van der Waals surface area contributed by atoms with Crippen LogP contribution in [0.1, 0.15) is 40.9 Å². The van der Waals surface area contributed by atoms with Gasteiger partial charge in [0.2, 0.25) is 0 Å². The van der Waals surface area contributed by atoms with Gasteiger partial charge in [-0.3, -0.25) is 4.79 Å². The maximum absolute atomic E-state index is 11.9. The standard InChI is InChI=1S/C16H21NO3S/c18-8-2-1-4-15-10-14(12-21-15)16(19)17-7-3-9-20-11-13-5-6-13/h10,12-13,18H,2-3,5-9,11H2,(H,17,19). The second kappa shape index (κ2) is 8.83. The number of thiophene rings is 1. The van der Waals surface area contributed by atoms with Gasteiger partial charge in [-0.2, -0.15) is 0 Å². The number of aliphatic hydroxyl groups is 1. The lowest BCUT2D eigenvalue weighted by Gasteiger charge is -2.04. The maximum Gasteiger partial charge on any atom is 0.252 e. The quantitative estimate of drug-likeness (QED) is 0.571. The molecule has 4 nitrogen and oxygen atoms in total. The van der Waals surface area contributed by atoms with Crippen molar-refractivity contribution in [3.63, 3.8) is 0 Å². The summed E-state index contributed by atoms with van der Waals surface area (Å²) in [5.74, 6) is 6.50. The molecule has 1 heterocycles. The van der Waals surface area contributed by atoms with E-state index in [1.54, 1.807) is 6.07 Å². The van der Waals surface area contributed by atoms with Crippen molar-refractivity contribution in [3.8, 4) is 11.8 Å². The van der Waals surface area contributed by atoms with Gasteiger partial charge >= 0.3 is 0 Å². The number of aliphatic hydroxyl groups excluding tert-OH is 1. The van der Waals surface area contributed by atoms with Gasteiger partial charge in [-0.05, 0) is 31.2 Å². The van der Waals surface area contributed by atoms with Crippen LogP contribution < -0.4 is 5.32 Å². The minimum Gasteiger partial charge on any atom is -0.395 e. The average molecular weight is 307 g/mol. The summed E-state index contributed by atoms with van der Waals surface area (Å²) in [5.41, 5.74) is 0.646. The SMILES string of the molecule is O=C(NCCCOCC1CC1)c1csc(C#CCCO)c1. The van der Waals surface area contributed by atoms with E-state index in [4.69, 9.17) is 9.84 Å². The summed E-state index contributed by atoms with van der Waals surface area (Å²) in [7, 11) is 0. The van der Waals surface area contributed by atoms with Gasteiger partial charge in [0.05, 0.1) is 17.0 Å². The molecule has 114 valence electrons. The number of ether oxygens (including phenoxy) is 1. The molecule has 0 aromatic carbocycles. The first-order valence-corrected chi connectivity index (χ1v) is 8.22. The first-order chi connectivity index (χ1) is 10.3. The molecule has 1 aliphatic rings. The molecule has 21 heavy (non-hydrogen) atoms. The Morgan fingerprint density at radius 1 is 1.52 bits per heavy atom. The molecule has 0 spiro atoms. The zero-order valence-electron chi connectivity index (χ0n) is 12.1. The third kappa shape index (κ3) is 6.30. The van der Waals surface area contributed by atoms with E-state index in [2.05, 4.69) is 17.2 Å². The minimum absolute atomic E-state index is 0.0640.